The summed E-state index contributed by atoms with van der Waals surface area (Å²) in [5.74, 6) is 1.37. The van der Waals surface area contributed by atoms with E-state index in [1.54, 1.807) is 7.11 Å². The molecule has 1 aliphatic heterocycles. The van der Waals surface area contributed by atoms with Crippen LogP contribution < -0.4 is 10.5 Å². The molecule has 1 heterocycles. The Balaban J connectivity index is 1.93. The zero-order valence-corrected chi connectivity index (χ0v) is 10.9. The number of β-amino-alcohol motifs (C(OH)–C–C–N with tert-alkyl or cyclic N) is 1. The van der Waals surface area contributed by atoms with Gasteiger partial charge in [0.1, 0.15) is 5.75 Å². The highest BCUT2D eigenvalue weighted by Crippen LogP contribution is 2.22. The average molecular weight is 250 g/mol. The van der Waals surface area contributed by atoms with Crippen LogP contribution in [0.2, 0.25) is 0 Å². The number of nitrogens with two attached hydrogens (primary N) is 1. The molecule has 3 N–H and O–H groups in total. The Bertz CT molecular complexity index is 384. The van der Waals surface area contributed by atoms with Gasteiger partial charge in [0.25, 0.3) is 0 Å². The molecule has 0 amide bonds. The Kier molecular flexibility index (Phi) is 4.58. The van der Waals surface area contributed by atoms with Crippen molar-refractivity contribution in [2.24, 2.45) is 11.7 Å². The Morgan fingerprint density at radius 2 is 2.39 bits per heavy atom. The van der Waals surface area contributed by atoms with Gasteiger partial charge in [-0.3, -0.25) is 0 Å². The molecule has 1 aliphatic rings. The van der Waals surface area contributed by atoms with Gasteiger partial charge in [-0.1, -0.05) is 12.1 Å². The van der Waals surface area contributed by atoms with Crippen LogP contribution in [0, 0.1) is 5.92 Å². The predicted molar refractivity (Wildman–Crippen MR) is 71.6 cm³/mol. The number of aliphatic hydroxyl groups excluding tert-OH is 1. The van der Waals surface area contributed by atoms with Crippen molar-refractivity contribution in [2.75, 3.05) is 33.3 Å². The van der Waals surface area contributed by atoms with Crippen molar-refractivity contribution in [2.45, 2.75) is 12.5 Å². The van der Waals surface area contributed by atoms with Crippen molar-refractivity contribution in [1.29, 1.82) is 0 Å². The third-order valence-corrected chi connectivity index (χ3v) is 3.61. The summed E-state index contributed by atoms with van der Waals surface area (Å²) in [4.78, 5) is 2.28. The maximum atomic E-state index is 10.2. The number of hydrogen-bond acceptors (Lipinski definition) is 4. The van der Waals surface area contributed by atoms with Crippen LogP contribution in [0.25, 0.3) is 0 Å². The highest BCUT2D eigenvalue weighted by molar-refractivity contribution is 5.29. The van der Waals surface area contributed by atoms with Crippen molar-refractivity contribution >= 4 is 0 Å². The lowest BCUT2D eigenvalue weighted by molar-refractivity contribution is 0.124. The maximum absolute atomic E-state index is 10.2. The largest absolute Gasteiger partial charge is 0.497 e. The first-order chi connectivity index (χ1) is 8.72. The van der Waals surface area contributed by atoms with E-state index in [1.807, 2.05) is 24.3 Å². The smallest absolute Gasteiger partial charge is 0.119 e. The molecule has 1 aromatic rings. The number of aliphatic hydroxyl groups is 1. The molecule has 0 aliphatic carbocycles. The van der Waals surface area contributed by atoms with Crippen LogP contribution in [0.5, 0.6) is 5.75 Å². The third kappa shape index (κ3) is 3.22. The summed E-state index contributed by atoms with van der Waals surface area (Å²) in [6, 6.07) is 7.62. The van der Waals surface area contributed by atoms with Crippen LogP contribution in [0.3, 0.4) is 0 Å². The second kappa shape index (κ2) is 6.18. The molecular weight excluding hydrogens is 228 g/mol. The molecule has 2 rings (SSSR count). The van der Waals surface area contributed by atoms with Gasteiger partial charge in [-0.05, 0) is 43.1 Å². The highest BCUT2D eigenvalue weighted by Gasteiger charge is 2.23. The van der Waals surface area contributed by atoms with Gasteiger partial charge in [-0.15, -0.1) is 0 Å². The number of nitrogens with zero attached hydrogens (tertiary/aromatic N) is 1. The van der Waals surface area contributed by atoms with Crippen LogP contribution in [-0.2, 0) is 0 Å². The first-order valence-corrected chi connectivity index (χ1v) is 6.47. The fraction of sp³-hybridized carbons (Fsp3) is 0.571. The van der Waals surface area contributed by atoms with Crippen LogP contribution in [-0.4, -0.2) is 43.3 Å². The first-order valence-electron chi connectivity index (χ1n) is 6.47. The number of benzene rings is 1. The first kappa shape index (κ1) is 13.3. The highest BCUT2D eigenvalue weighted by atomic mass is 16.5. The van der Waals surface area contributed by atoms with Crippen molar-refractivity contribution < 1.29 is 9.84 Å². The van der Waals surface area contributed by atoms with Crippen molar-refractivity contribution in [3.8, 4) is 5.75 Å². The van der Waals surface area contributed by atoms with E-state index in [9.17, 15) is 5.11 Å². The second-order valence-corrected chi connectivity index (χ2v) is 4.94. The van der Waals surface area contributed by atoms with Gasteiger partial charge in [0, 0.05) is 13.1 Å². The molecule has 2 unspecified atom stereocenters. The number of likely N-dealkylation sites (tertiary alicyclic amines) is 1. The Hall–Kier alpha value is -1.10. The third-order valence-electron chi connectivity index (χ3n) is 3.61. The summed E-state index contributed by atoms with van der Waals surface area (Å²) in [6.45, 7) is 3.44. The number of rotatable bonds is 5. The standard InChI is InChI=1S/C14H22N2O2/c1-18-13-4-2-3-12(7-13)14(17)10-16-6-5-11(8-15)9-16/h2-4,7,11,14,17H,5-6,8-10,15H2,1H3. The SMILES string of the molecule is COc1cccc(C(O)CN2CCC(CN)C2)c1. The number of hydrogen-bond donors (Lipinski definition) is 2. The van der Waals surface area contributed by atoms with Gasteiger partial charge in [0.15, 0.2) is 0 Å². The molecule has 1 saturated heterocycles. The van der Waals surface area contributed by atoms with E-state index < -0.39 is 6.10 Å². The molecule has 1 aromatic carbocycles. The second-order valence-electron chi connectivity index (χ2n) is 4.94. The average Bonchev–Trinajstić information content (AvgIpc) is 2.86. The predicted octanol–water partition coefficient (Wildman–Crippen LogP) is 1.01. The summed E-state index contributed by atoms with van der Waals surface area (Å²) in [5, 5.41) is 10.2. The molecule has 4 nitrogen and oxygen atoms in total. The summed E-state index contributed by atoms with van der Waals surface area (Å²) in [5.41, 5.74) is 6.58. The quantitative estimate of drug-likeness (QED) is 0.819. The molecule has 18 heavy (non-hydrogen) atoms. The van der Waals surface area contributed by atoms with E-state index in [1.165, 1.54) is 0 Å². The zero-order chi connectivity index (χ0) is 13.0. The van der Waals surface area contributed by atoms with Gasteiger partial charge >= 0.3 is 0 Å². The molecule has 4 heteroatoms. The summed E-state index contributed by atoms with van der Waals surface area (Å²) in [7, 11) is 1.64. The number of methoxy groups -OCH3 is 1. The van der Waals surface area contributed by atoms with E-state index in [0.717, 1.165) is 37.4 Å². The van der Waals surface area contributed by atoms with E-state index >= 15 is 0 Å². The number of ether oxygens (including phenoxy) is 1. The normalized spacial score (nSPS) is 22.1. The Morgan fingerprint density at radius 3 is 3.06 bits per heavy atom. The zero-order valence-electron chi connectivity index (χ0n) is 10.9. The van der Waals surface area contributed by atoms with E-state index in [2.05, 4.69) is 4.90 Å². The molecule has 0 bridgehead atoms. The van der Waals surface area contributed by atoms with Crippen LogP contribution in [0.1, 0.15) is 18.1 Å². The molecular formula is C14H22N2O2. The topological polar surface area (TPSA) is 58.7 Å². The Labute approximate surface area is 108 Å². The molecule has 2 atom stereocenters. The molecule has 0 radical (unpaired) electrons. The van der Waals surface area contributed by atoms with Crippen LogP contribution in [0.15, 0.2) is 24.3 Å². The van der Waals surface area contributed by atoms with E-state index in [4.69, 9.17) is 10.5 Å². The molecule has 0 aromatic heterocycles. The van der Waals surface area contributed by atoms with Gasteiger partial charge in [-0.25, -0.2) is 0 Å². The van der Waals surface area contributed by atoms with Crippen molar-refractivity contribution in [3.63, 3.8) is 0 Å². The van der Waals surface area contributed by atoms with E-state index in [0.29, 0.717) is 12.5 Å². The summed E-state index contributed by atoms with van der Waals surface area (Å²) >= 11 is 0. The minimum Gasteiger partial charge on any atom is -0.497 e. The lowest BCUT2D eigenvalue weighted by Gasteiger charge is -2.20. The van der Waals surface area contributed by atoms with E-state index in [-0.39, 0.29) is 0 Å². The van der Waals surface area contributed by atoms with Crippen molar-refractivity contribution in [1.82, 2.24) is 4.90 Å². The maximum Gasteiger partial charge on any atom is 0.119 e. The van der Waals surface area contributed by atoms with Crippen LogP contribution >= 0.6 is 0 Å². The fourth-order valence-electron chi connectivity index (χ4n) is 2.47. The minimum absolute atomic E-state index is 0.461. The Morgan fingerprint density at radius 1 is 1.56 bits per heavy atom. The van der Waals surface area contributed by atoms with Gasteiger partial charge in [0.2, 0.25) is 0 Å². The molecule has 0 spiro atoms. The van der Waals surface area contributed by atoms with Crippen LogP contribution in [0.4, 0.5) is 0 Å². The van der Waals surface area contributed by atoms with Gasteiger partial charge in [-0.2, -0.15) is 0 Å². The molecule has 1 fully saturated rings. The van der Waals surface area contributed by atoms with Gasteiger partial charge < -0.3 is 20.5 Å². The molecule has 100 valence electrons. The summed E-state index contributed by atoms with van der Waals surface area (Å²) < 4.78 is 5.17. The lowest BCUT2D eigenvalue weighted by atomic mass is 10.1. The molecule has 0 saturated carbocycles. The fourth-order valence-corrected chi connectivity index (χ4v) is 2.47. The lowest BCUT2D eigenvalue weighted by Crippen LogP contribution is -2.27. The minimum atomic E-state index is -0.461. The van der Waals surface area contributed by atoms with Crippen molar-refractivity contribution in [3.05, 3.63) is 29.8 Å². The van der Waals surface area contributed by atoms with Gasteiger partial charge in [0.05, 0.1) is 13.2 Å². The summed E-state index contributed by atoms with van der Waals surface area (Å²) in [6.07, 6.45) is 0.679. The monoisotopic (exact) mass is 250 g/mol.